The van der Waals surface area contributed by atoms with Crippen LogP contribution in [-0.2, 0) is 26.3 Å². The van der Waals surface area contributed by atoms with Gasteiger partial charge in [0.1, 0.15) is 5.75 Å². The van der Waals surface area contributed by atoms with Crippen LogP contribution >= 0.6 is 17.0 Å². The Morgan fingerprint density at radius 3 is 2.00 bits per heavy atom. The molecule has 2 rings (SSSR count). The number of hydrogen-bond acceptors (Lipinski definition) is 2. The van der Waals surface area contributed by atoms with Crippen LogP contribution in [0.4, 0.5) is 0 Å². The quantitative estimate of drug-likeness (QED) is 0.430. The fourth-order valence-corrected chi connectivity index (χ4v) is 3.75. The monoisotopic (exact) mass is 489 g/mol. The van der Waals surface area contributed by atoms with E-state index in [9.17, 15) is 5.11 Å². The molecule has 0 spiro atoms. The molecule has 0 saturated heterocycles. The zero-order valence-corrected chi connectivity index (χ0v) is 21.8. The molecule has 1 aliphatic rings. The summed E-state index contributed by atoms with van der Waals surface area (Å²) >= 11 is -0.826. The van der Waals surface area contributed by atoms with Crippen molar-refractivity contribution in [1.82, 2.24) is 0 Å². The molecule has 2 nitrogen and oxygen atoms in total. The van der Waals surface area contributed by atoms with Gasteiger partial charge in [-0.1, -0.05) is 53.7 Å². The molecule has 0 unspecified atom stereocenters. The summed E-state index contributed by atoms with van der Waals surface area (Å²) in [5, 5.41) is 10.7. The third kappa shape index (κ3) is 7.83. The summed E-state index contributed by atoms with van der Waals surface area (Å²) in [6.07, 6.45) is 6.77. The van der Waals surface area contributed by atoms with E-state index in [0.717, 1.165) is 35.4 Å². The van der Waals surface area contributed by atoms with Crippen molar-refractivity contribution in [2.24, 2.45) is 16.3 Å². The molecule has 0 radical (unpaired) electrons. The number of hydrogen-bond donors (Lipinski definition) is 1. The van der Waals surface area contributed by atoms with Crippen LogP contribution in [0.25, 0.3) is 0 Å². The van der Waals surface area contributed by atoms with Gasteiger partial charge in [0.05, 0.1) is 0 Å². The minimum absolute atomic E-state index is 0.0643. The first-order valence-electron chi connectivity index (χ1n) is 9.74. The molecule has 1 fully saturated rings. The molecule has 0 atom stereocenters. The van der Waals surface area contributed by atoms with Gasteiger partial charge in [-0.25, -0.2) is 0 Å². The normalized spacial score (nSPS) is 20.9. The van der Waals surface area contributed by atoms with Crippen molar-refractivity contribution in [2.45, 2.75) is 85.6 Å². The molecule has 1 aromatic rings. The van der Waals surface area contributed by atoms with E-state index in [1.807, 2.05) is 19.2 Å². The van der Waals surface area contributed by atoms with Gasteiger partial charge in [0, 0.05) is 17.8 Å². The van der Waals surface area contributed by atoms with E-state index >= 15 is 0 Å². The Bertz CT molecular complexity index is 624. The van der Waals surface area contributed by atoms with E-state index < -0.39 is 20.8 Å². The first-order valence-corrected chi connectivity index (χ1v) is 16.1. The molecule has 0 aromatic heterocycles. The summed E-state index contributed by atoms with van der Waals surface area (Å²) in [5.74, 6) is 1.21. The second-order valence-electron chi connectivity index (χ2n) is 9.66. The maximum atomic E-state index is 10.7. The van der Waals surface area contributed by atoms with Crippen LogP contribution in [0.1, 0.15) is 83.9 Å². The summed E-state index contributed by atoms with van der Waals surface area (Å²) < 4.78 is 0. The van der Waals surface area contributed by atoms with Gasteiger partial charge in [-0.05, 0) is 60.5 Å². The molecule has 1 aromatic carbocycles. The minimum atomic E-state index is -0.826. The van der Waals surface area contributed by atoms with Gasteiger partial charge in [-0.3, -0.25) is 4.99 Å². The standard InChI is InChI=1S/C22H35NO.2ClH.Zr/c1-15-8-13-19(22(5,6)7)20(24)18(15)14-23-17-11-9-16(10-12-17)21(2,3)4;;;/h8,13-14,16-17,24H,9-12H2,1-7H3;2*1H;/q;;;+2/p-2. The zero-order chi connectivity index (χ0) is 20.8. The number of phenols is 1. The molecule has 152 valence electrons. The summed E-state index contributed by atoms with van der Waals surface area (Å²) in [5.41, 5.74) is 3.31. The molecule has 0 heterocycles. The molecule has 0 aliphatic heterocycles. The summed E-state index contributed by atoms with van der Waals surface area (Å²) in [7, 11) is 9.87. The van der Waals surface area contributed by atoms with Crippen molar-refractivity contribution in [3.63, 3.8) is 0 Å². The van der Waals surface area contributed by atoms with Gasteiger partial charge in [-0.15, -0.1) is 0 Å². The molecule has 0 bridgehead atoms. The van der Waals surface area contributed by atoms with E-state index in [1.54, 1.807) is 0 Å². The van der Waals surface area contributed by atoms with Gasteiger partial charge in [0.25, 0.3) is 0 Å². The first kappa shape index (κ1) is 25.2. The third-order valence-electron chi connectivity index (χ3n) is 5.58. The average molecular weight is 492 g/mol. The van der Waals surface area contributed by atoms with Crippen LogP contribution in [0.15, 0.2) is 17.1 Å². The Morgan fingerprint density at radius 2 is 1.56 bits per heavy atom. The van der Waals surface area contributed by atoms with Gasteiger partial charge in [0.15, 0.2) is 0 Å². The molecular formula is C22H35Cl2NOZr. The number of aryl methyl sites for hydroxylation is 1. The fourth-order valence-electron chi connectivity index (χ4n) is 3.75. The molecule has 5 heteroatoms. The predicted octanol–water partition coefficient (Wildman–Crippen LogP) is 7.40. The first-order chi connectivity index (χ1) is 12.4. The Balaban J connectivity index is 0.00000114. The van der Waals surface area contributed by atoms with Crippen LogP contribution in [0.3, 0.4) is 0 Å². The van der Waals surface area contributed by atoms with E-state index in [1.165, 1.54) is 12.8 Å². The van der Waals surface area contributed by atoms with Gasteiger partial charge in [-0.2, -0.15) is 0 Å². The summed E-state index contributed by atoms with van der Waals surface area (Å²) in [6.45, 7) is 15.5. The SMILES string of the molecule is Cc1ccc(C(C)(C)C)c(O)c1C=NC1CCC(C(C)(C)C)CC1.[Cl][Zr][Cl]. The van der Waals surface area contributed by atoms with Crippen LogP contribution in [-0.4, -0.2) is 17.4 Å². The molecule has 27 heavy (non-hydrogen) atoms. The summed E-state index contributed by atoms with van der Waals surface area (Å²) in [6, 6.07) is 4.54. The maximum absolute atomic E-state index is 10.7. The van der Waals surface area contributed by atoms with Crippen LogP contribution in [0.2, 0.25) is 0 Å². The zero-order valence-electron chi connectivity index (χ0n) is 17.9. The number of aliphatic imine (C=N–C) groups is 1. The van der Waals surface area contributed by atoms with Crippen molar-refractivity contribution in [1.29, 1.82) is 0 Å². The number of benzene rings is 1. The Morgan fingerprint density at radius 1 is 1.04 bits per heavy atom. The van der Waals surface area contributed by atoms with E-state index in [2.05, 4.69) is 47.6 Å². The van der Waals surface area contributed by atoms with Crippen molar-refractivity contribution < 1.29 is 26.0 Å². The number of halogens is 2. The number of phenolic OH excluding ortho intramolecular Hbond substituents is 1. The molecule has 1 N–H and O–H groups in total. The fraction of sp³-hybridized carbons (Fsp3) is 0.682. The molecule has 1 saturated carbocycles. The van der Waals surface area contributed by atoms with E-state index in [4.69, 9.17) is 22.0 Å². The second kappa shape index (κ2) is 10.8. The molecular weight excluding hydrogens is 456 g/mol. The third-order valence-corrected chi connectivity index (χ3v) is 5.58. The Hall–Kier alpha value is 0.153. The Kier molecular flexibility index (Phi) is 10.1. The van der Waals surface area contributed by atoms with Crippen LogP contribution in [0.5, 0.6) is 5.75 Å². The number of rotatable bonds is 2. The second-order valence-corrected chi connectivity index (χ2v) is 13.4. The predicted molar refractivity (Wildman–Crippen MR) is 116 cm³/mol. The number of aromatic hydroxyl groups is 1. The molecule has 1 aliphatic carbocycles. The van der Waals surface area contributed by atoms with E-state index in [-0.39, 0.29) is 5.41 Å². The van der Waals surface area contributed by atoms with Gasteiger partial charge < -0.3 is 5.11 Å². The topological polar surface area (TPSA) is 32.6 Å². The van der Waals surface area contributed by atoms with Crippen molar-refractivity contribution in [3.05, 3.63) is 28.8 Å². The average Bonchev–Trinajstić information content (AvgIpc) is 2.53. The van der Waals surface area contributed by atoms with E-state index in [0.29, 0.717) is 17.2 Å². The molecule has 0 amide bonds. The van der Waals surface area contributed by atoms with Crippen molar-refractivity contribution >= 4 is 23.2 Å². The van der Waals surface area contributed by atoms with Gasteiger partial charge >= 0.3 is 37.9 Å². The van der Waals surface area contributed by atoms with Crippen molar-refractivity contribution in [2.75, 3.05) is 0 Å². The summed E-state index contributed by atoms with van der Waals surface area (Å²) in [4.78, 5) is 4.83. The number of nitrogens with zero attached hydrogens (tertiary/aromatic N) is 1. The van der Waals surface area contributed by atoms with Crippen LogP contribution in [0, 0.1) is 18.3 Å². The van der Waals surface area contributed by atoms with Crippen molar-refractivity contribution in [3.8, 4) is 5.75 Å². The van der Waals surface area contributed by atoms with Gasteiger partial charge in [0.2, 0.25) is 0 Å². The van der Waals surface area contributed by atoms with Crippen LogP contribution < -0.4 is 0 Å². The Labute approximate surface area is 184 Å².